The number of rotatable bonds is 3. The Morgan fingerprint density at radius 3 is 3.00 bits per heavy atom. The van der Waals surface area contributed by atoms with Gasteiger partial charge in [-0.25, -0.2) is 0 Å². The van der Waals surface area contributed by atoms with E-state index < -0.39 is 0 Å². The van der Waals surface area contributed by atoms with Crippen LogP contribution in [0.3, 0.4) is 0 Å². The molecular weight excluding hydrogens is 278 g/mol. The number of amides is 1. The molecule has 1 aromatic carbocycles. The van der Waals surface area contributed by atoms with Crippen LogP contribution in [-0.2, 0) is 0 Å². The van der Waals surface area contributed by atoms with Gasteiger partial charge in [-0.2, -0.15) is 5.10 Å². The highest BCUT2D eigenvalue weighted by Gasteiger charge is 2.08. The highest BCUT2D eigenvalue weighted by Crippen LogP contribution is 2.18. The van der Waals surface area contributed by atoms with Crippen molar-refractivity contribution in [3.05, 3.63) is 46.7 Å². The van der Waals surface area contributed by atoms with Crippen molar-refractivity contribution in [3.63, 3.8) is 0 Å². The van der Waals surface area contributed by atoms with Crippen LogP contribution >= 0.6 is 11.6 Å². The van der Waals surface area contributed by atoms with Gasteiger partial charge in [-0.05, 0) is 18.2 Å². The molecule has 0 unspecified atom stereocenters. The topological polar surface area (TPSA) is 78.0 Å². The number of nitrogens with zero attached hydrogens (tertiary/aromatic N) is 1. The van der Waals surface area contributed by atoms with Crippen LogP contribution in [0.1, 0.15) is 22.3 Å². The lowest BCUT2D eigenvalue weighted by Crippen LogP contribution is -2.11. The van der Waals surface area contributed by atoms with E-state index in [1.54, 1.807) is 24.4 Å². The van der Waals surface area contributed by atoms with Gasteiger partial charge in [-0.15, -0.1) is 0 Å². The van der Waals surface area contributed by atoms with E-state index in [1.165, 1.54) is 6.20 Å². The maximum atomic E-state index is 12.0. The molecule has 1 amide bonds. The number of hydrogen-bond acceptors (Lipinski definition) is 3. The zero-order valence-corrected chi connectivity index (χ0v) is 11.2. The summed E-state index contributed by atoms with van der Waals surface area (Å²) in [4.78, 5) is 12.0. The van der Waals surface area contributed by atoms with Crippen LogP contribution in [0, 0.1) is 11.8 Å². The van der Waals surface area contributed by atoms with E-state index in [2.05, 4.69) is 27.4 Å². The summed E-state index contributed by atoms with van der Waals surface area (Å²) < 4.78 is 0. The first-order valence-electron chi connectivity index (χ1n) is 5.90. The third kappa shape index (κ3) is 3.60. The minimum absolute atomic E-state index is 0.00973. The van der Waals surface area contributed by atoms with Crippen LogP contribution < -0.4 is 5.32 Å². The zero-order valence-electron chi connectivity index (χ0n) is 10.5. The van der Waals surface area contributed by atoms with Crippen molar-refractivity contribution >= 4 is 23.2 Å². The van der Waals surface area contributed by atoms with Gasteiger partial charge >= 0.3 is 0 Å². The number of hydrogen-bond donors (Lipinski definition) is 3. The quantitative estimate of drug-likeness (QED) is 0.757. The first kappa shape index (κ1) is 14.1. The van der Waals surface area contributed by atoms with Gasteiger partial charge in [0, 0.05) is 23.7 Å². The summed E-state index contributed by atoms with van der Waals surface area (Å²) in [6.45, 7) is 0.00973. The Balaban J connectivity index is 2.12. The highest BCUT2D eigenvalue weighted by atomic mass is 35.5. The molecule has 2 aromatic rings. The Hall–Kier alpha value is -2.29. The number of halogens is 1. The molecule has 0 aliphatic carbocycles. The predicted molar refractivity (Wildman–Crippen MR) is 76.6 cm³/mol. The Kier molecular flexibility index (Phi) is 4.77. The second-order valence-electron chi connectivity index (χ2n) is 3.91. The average Bonchev–Trinajstić information content (AvgIpc) is 2.93. The first-order valence-corrected chi connectivity index (χ1v) is 6.28. The van der Waals surface area contributed by atoms with Crippen molar-refractivity contribution in [3.8, 4) is 11.8 Å². The Morgan fingerprint density at radius 2 is 2.35 bits per heavy atom. The standard InChI is InChI=1S/C14H12ClN3O2/c15-13-7-11(5-4-10(13)3-1-2-6-19)14(20)18-12-8-16-17-9-12/h4-5,7-9,19H,2,6H2,(H,16,17)(H,18,20). The van der Waals surface area contributed by atoms with Gasteiger partial charge in [-0.3, -0.25) is 9.89 Å². The fraction of sp³-hybridized carbons (Fsp3) is 0.143. The summed E-state index contributed by atoms with van der Waals surface area (Å²) in [5.74, 6) is 5.34. The van der Waals surface area contributed by atoms with E-state index in [4.69, 9.17) is 16.7 Å². The third-order valence-electron chi connectivity index (χ3n) is 2.45. The molecule has 1 heterocycles. The van der Waals surface area contributed by atoms with E-state index >= 15 is 0 Å². The number of anilines is 1. The van der Waals surface area contributed by atoms with Crippen molar-refractivity contribution in [2.24, 2.45) is 0 Å². The fourth-order valence-electron chi connectivity index (χ4n) is 1.49. The van der Waals surface area contributed by atoms with Gasteiger partial charge in [0.05, 0.1) is 23.5 Å². The number of benzene rings is 1. The lowest BCUT2D eigenvalue weighted by Gasteiger charge is -2.04. The Bertz CT molecular complexity index is 657. The van der Waals surface area contributed by atoms with Crippen LogP contribution in [0.4, 0.5) is 5.69 Å². The number of carbonyl (C=O) groups is 1. The highest BCUT2D eigenvalue weighted by molar-refractivity contribution is 6.32. The van der Waals surface area contributed by atoms with Gasteiger partial charge in [0.25, 0.3) is 5.91 Å². The van der Waals surface area contributed by atoms with Crippen LogP contribution in [0.5, 0.6) is 0 Å². The largest absolute Gasteiger partial charge is 0.395 e. The third-order valence-corrected chi connectivity index (χ3v) is 2.76. The SMILES string of the molecule is O=C(Nc1cn[nH]c1)c1ccc(C#CCCO)c(Cl)c1. The molecule has 0 bridgehead atoms. The van der Waals surface area contributed by atoms with Crippen LogP contribution in [0.2, 0.25) is 5.02 Å². The summed E-state index contributed by atoms with van der Waals surface area (Å²) in [5, 5.41) is 18.1. The van der Waals surface area contributed by atoms with Crippen LogP contribution in [-0.4, -0.2) is 27.8 Å². The van der Waals surface area contributed by atoms with E-state index in [1.807, 2.05) is 0 Å². The molecule has 102 valence electrons. The predicted octanol–water partition coefficient (Wildman–Crippen LogP) is 2.05. The molecule has 0 saturated carbocycles. The van der Waals surface area contributed by atoms with Crippen molar-refractivity contribution in [2.75, 3.05) is 11.9 Å². The second-order valence-corrected chi connectivity index (χ2v) is 4.32. The molecule has 20 heavy (non-hydrogen) atoms. The molecule has 0 atom stereocenters. The Labute approximate surface area is 121 Å². The molecule has 2 rings (SSSR count). The van der Waals surface area contributed by atoms with Gasteiger partial charge in [0.2, 0.25) is 0 Å². The molecular formula is C14H12ClN3O2. The van der Waals surface area contributed by atoms with Crippen molar-refractivity contribution < 1.29 is 9.90 Å². The van der Waals surface area contributed by atoms with Gasteiger partial charge < -0.3 is 10.4 Å². The Morgan fingerprint density at radius 1 is 1.50 bits per heavy atom. The van der Waals surface area contributed by atoms with Gasteiger partial charge in [0.1, 0.15) is 0 Å². The monoisotopic (exact) mass is 289 g/mol. The summed E-state index contributed by atoms with van der Waals surface area (Å²) >= 11 is 6.07. The molecule has 0 spiro atoms. The molecule has 5 nitrogen and oxygen atoms in total. The van der Waals surface area contributed by atoms with Crippen molar-refractivity contribution in [1.82, 2.24) is 10.2 Å². The van der Waals surface area contributed by atoms with E-state index in [0.29, 0.717) is 28.3 Å². The summed E-state index contributed by atoms with van der Waals surface area (Å²) in [6.07, 6.45) is 3.47. The number of aromatic nitrogens is 2. The average molecular weight is 290 g/mol. The van der Waals surface area contributed by atoms with E-state index in [9.17, 15) is 4.79 Å². The molecule has 0 fully saturated rings. The lowest BCUT2D eigenvalue weighted by molar-refractivity contribution is 0.102. The van der Waals surface area contributed by atoms with Gasteiger partial charge in [0.15, 0.2) is 0 Å². The zero-order chi connectivity index (χ0) is 14.4. The minimum atomic E-state index is -0.275. The van der Waals surface area contributed by atoms with E-state index in [-0.39, 0.29) is 12.5 Å². The van der Waals surface area contributed by atoms with Crippen LogP contribution in [0.25, 0.3) is 0 Å². The molecule has 3 N–H and O–H groups in total. The number of aliphatic hydroxyl groups is 1. The van der Waals surface area contributed by atoms with Crippen molar-refractivity contribution in [2.45, 2.75) is 6.42 Å². The maximum absolute atomic E-state index is 12.0. The van der Waals surface area contributed by atoms with Gasteiger partial charge in [-0.1, -0.05) is 23.4 Å². The number of H-pyrrole nitrogens is 1. The second kappa shape index (κ2) is 6.75. The summed E-state index contributed by atoms with van der Waals surface area (Å²) in [7, 11) is 0. The molecule has 6 heteroatoms. The summed E-state index contributed by atoms with van der Waals surface area (Å²) in [6, 6.07) is 4.88. The fourth-order valence-corrected chi connectivity index (χ4v) is 1.72. The minimum Gasteiger partial charge on any atom is -0.395 e. The molecule has 0 aliphatic heterocycles. The van der Waals surface area contributed by atoms with E-state index in [0.717, 1.165) is 0 Å². The number of carbonyl (C=O) groups excluding carboxylic acids is 1. The molecule has 0 saturated heterocycles. The first-order chi connectivity index (χ1) is 9.70. The number of nitrogens with one attached hydrogen (secondary N) is 2. The number of aromatic amines is 1. The lowest BCUT2D eigenvalue weighted by atomic mass is 10.1. The maximum Gasteiger partial charge on any atom is 0.255 e. The molecule has 0 radical (unpaired) electrons. The smallest absolute Gasteiger partial charge is 0.255 e. The molecule has 0 aliphatic rings. The summed E-state index contributed by atoms with van der Waals surface area (Å²) in [5.41, 5.74) is 1.64. The number of aliphatic hydroxyl groups excluding tert-OH is 1. The van der Waals surface area contributed by atoms with Crippen molar-refractivity contribution in [1.29, 1.82) is 0 Å². The molecule has 1 aromatic heterocycles. The normalized spacial score (nSPS) is 9.70. The van der Waals surface area contributed by atoms with Crippen LogP contribution in [0.15, 0.2) is 30.6 Å².